The number of likely N-dealkylation sites (tertiary alicyclic amines) is 1. The number of benzene rings is 2. The summed E-state index contributed by atoms with van der Waals surface area (Å²) in [5.41, 5.74) is 2.34. The maximum Gasteiger partial charge on any atom is 0.265 e. The van der Waals surface area contributed by atoms with Gasteiger partial charge in [0, 0.05) is 6.04 Å². The lowest BCUT2D eigenvalue weighted by molar-refractivity contribution is -0.123. The van der Waals surface area contributed by atoms with Crippen molar-refractivity contribution in [1.82, 2.24) is 4.90 Å². The van der Waals surface area contributed by atoms with E-state index in [1.807, 2.05) is 6.07 Å². The normalized spacial score (nSPS) is 20.1. The number of ether oxygens (including phenoxy) is 1. The molecule has 2 aromatic rings. The van der Waals surface area contributed by atoms with Crippen molar-refractivity contribution in [2.75, 3.05) is 42.6 Å². The maximum absolute atomic E-state index is 13.2. The summed E-state index contributed by atoms with van der Waals surface area (Å²) in [6.07, 6.45) is 4.52. The molecule has 8 nitrogen and oxygen atoms in total. The molecule has 3 N–H and O–H groups in total. The van der Waals surface area contributed by atoms with E-state index in [1.165, 1.54) is 13.2 Å². The van der Waals surface area contributed by atoms with E-state index in [9.17, 15) is 13.2 Å². The summed E-state index contributed by atoms with van der Waals surface area (Å²) in [4.78, 5) is 15.3. The Bertz CT molecular complexity index is 1180. The molecule has 176 valence electrons. The summed E-state index contributed by atoms with van der Waals surface area (Å²) >= 11 is 0. The smallest absolute Gasteiger partial charge is 0.265 e. The van der Waals surface area contributed by atoms with Crippen LogP contribution in [0.3, 0.4) is 0 Å². The minimum Gasteiger partial charge on any atom is -0.495 e. The second kappa shape index (κ2) is 8.22. The van der Waals surface area contributed by atoms with Crippen LogP contribution >= 0.6 is 0 Å². The molecule has 1 saturated heterocycles. The van der Waals surface area contributed by atoms with Crippen LogP contribution in [-0.2, 0) is 20.2 Å². The molecule has 0 aromatic heterocycles. The molecule has 2 heterocycles. The van der Waals surface area contributed by atoms with Crippen LogP contribution in [0.1, 0.15) is 37.7 Å². The zero-order valence-corrected chi connectivity index (χ0v) is 19.8. The molecule has 1 spiro atoms. The average molecular weight is 471 g/mol. The van der Waals surface area contributed by atoms with Crippen molar-refractivity contribution >= 4 is 33.0 Å². The van der Waals surface area contributed by atoms with Crippen LogP contribution in [0.25, 0.3) is 0 Å². The van der Waals surface area contributed by atoms with Gasteiger partial charge in [0.25, 0.3) is 10.0 Å². The summed E-state index contributed by atoms with van der Waals surface area (Å²) in [6, 6.07) is 10.4. The van der Waals surface area contributed by atoms with Crippen LogP contribution in [0.4, 0.5) is 17.1 Å². The fourth-order valence-electron chi connectivity index (χ4n) is 5.13. The van der Waals surface area contributed by atoms with Crippen LogP contribution < -0.4 is 20.1 Å². The largest absolute Gasteiger partial charge is 0.495 e. The number of methoxy groups -OCH3 is 1. The number of piperidine rings is 1. The summed E-state index contributed by atoms with van der Waals surface area (Å²) in [5.74, 6) is 0.294. The van der Waals surface area contributed by atoms with Gasteiger partial charge in [0.1, 0.15) is 10.6 Å². The number of hydrogen-bond donors (Lipinski definition) is 3. The Morgan fingerprint density at radius 1 is 1.15 bits per heavy atom. The van der Waals surface area contributed by atoms with Crippen LogP contribution in [0.5, 0.6) is 5.75 Å². The molecule has 1 aliphatic carbocycles. The molecule has 0 bridgehead atoms. The molecule has 2 aliphatic heterocycles. The van der Waals surface area contributed by atoms with E-state index in [-0.39, 0.29) is 22.6 Å². The average Bonchev–Trinajstić information content (AvgIpc) is 3.07. The standard InChI is InChI=1S/C24H30N4O4S/c1-28-12-8-16(9-13-28)25-19-15-17(14-18-22(19)26-23(29)24(18)10-5-11-24)27-33(30,31)21-7-4-3-6-20(21)32-2/h3-4,6-7,14-16,25,27H,5,8-13H2,1-2H3,(H,26,29). The van der Waals surface area contributed by atoms with Crippen molar-refractivity contribution in [3.05, 3.63) is 42.0 Å². The Morgan fingerprint density at radius 3 is 2.55 bits per heavy atom. The molecular weight excluding hydrogens is 440 g/mol. The lowest BCUT2D eigenvalue weighted by atomic mass is 9.65. The molecule has 0 radical (unpaired) electrons. The number of nitrogens with one attached hydrogen (secondary N) is 3. The number of amides is 1. The Labute approximate surface area is 194 Å². The van der Waals surface area contributed by atoms with Gasteiger partial charge in [-0.05, 0) is 75.6 Å². The molecule has 2 aromatic carbocycles. The van der Waals surface area contributed by atoms with Gasteiger partial charge in [-0.25, -0.2) is 8.42 Å². The van der Waals surface area contributed by atoms with E-state index >= 15 is 0 Å². The van der Waals surface area contributed by atoms with Gasteiger partial charge in [-0.15, -0.1) is 0 Å². The molecule has 1 saturated carbocycles. The molecule has 33 heavy (non-hydrogen) atoms. The third-order valence-electron chi connectivity index (χ3n) is 7.22. The molecule has 0 atom stereocenters. The van der Waals surface area contributed by atoms with E-state index in [2.05, 4.69) is 27.3 Å². The number of para-hydroxylation sites is 1. The Kier molecular flexibility index (Phi) is 5.49. The number of fused-ring (bicyclic) bond motifs is 2. The van der Waals surface area contributed by atoms with Crippen molar-refractivity contribution < 1.29 is 17.9 Å². The summed E-state index contributed by atoms with van der Waals surface area (Å²) in [7, 11) is -0.323. The number of carbonyl (C=O) groups is 1. The van der Waals surface area contributed by atoms with Crippen molar-refractivity contribution in [1.29, 1.82) is 0 Å². The van der Waals surface area contributed by atoms with Crippen LogP contribution in [0.15, 0.2) is 41.3 Å². The fraction of sp³-hybridized carbons (Fsp3) is 0.458. The van der Waals surface area contributed by atoms with Gasteiger partial charge < -0.3 is 20.3 Å². The first-order valence-corrected chi connectivity index (χ1v) is 12.9. The van der Waals surface area contributed by atoms with Crippen LogP contribution in [0.2, 0.25) is 0 Å². The molecule has 3 aliphatic rings. The lowest BCUT2D eigenvalue weighted by Crippen LogP contribution is -2.40. The fourth-order valence-corrected chi connectivity index (χ4v) is 6.34. The van der Waals surface area contributed by atoms with Gasteiger partial charge >= 0.3 is 0 Å². The van der Waals surface area contributed by atoms with Crippen molar-refractivity contribution in [2.24, 2.45) is 0 Å². The highest BCUT2D eigenvalue weighted by molar-refractivity contribution is 7.92. The van der Waals surface area contributed by atoms with Gasteiger partial charge in [-0.3, -0.25) is 9.52 Å². The quantitative estimate of drug-likeness (QED) is 0.599. The first-order chi connectivity index (χ1) is 15.8. The van der Waals surface area contributed by atoms with Crippen LogP contribution in [-0.4, -0.2) is 52.5 Å². The highest BCUT2D eigenvalue weighted by Crippen LogP contribution is 2.54. The molecule has 0 unspecified atom stereocenters. The number of sulfonamides is 1. The third-order valence-corrected chi connectivity index (χ3v) is 8.64. The van der Waals surface area contributed by atoms with Gasteiger partial charge in [0.05, 0.1) is 29.6 Å². The van der Waals surface area contributed by atoms with Gasteiger partial charge in [-0.1, -0.05) is 18.6 Å². The minimum atomic E-state index is -3.88. The van der Waals surface area contributed by atoms with Crippen molar-refractivity contribution in [2.45, 2.75) is 48.5 Å². The van der Waals surface area contributed by atoms with E-state index in [1.54, 1.807) is 24.3 Å². The van der Waals surface area contributed by atoms with E-state index < -0.39 is 15.4 Å². The zero-order chi connectivity index (χ0) is 23.2. The topological polar surface area (TPSA) is 99.8 Å². The molecule has 1 amide bonds. The monoisotopic (exact) mass is 470 g/mol. The number of hydrogen-bond acceptors (Lipinski definition) is 6. The predicted molar refractivity (Wildman–Crippen MR) is 129 cm³/mol. The van der Waals surface area contributed by atoms with Crippen molar-refractivity contribution in [3.8, 4) is 5.75 Å². The summed E-state index contributed by atoms with van der Waals surface area (Å²) in [5, 5.41) is 6.68. The molecule has 9 heteroatoms. The van der Waals surface area contributed by atoms with Gasteiger partial charge in [-0.2, -0.15) is 0 Å². The number of rotatable bonds is 6. The first-order valence-electron chi connectivity index (χ1n) is 11.4. The number of carbonyl (C=O) groups excluding carboxylic acids is 1. The lowest BCUT2D eigenvalue weighted by Gasteiger charge is -2.36. The van der Waals surface area contributed by atoms with Gasteiger partial charge in [0.2, 0.25) is 5.91 Å². The van der Waals surface area contributed by atoms with E-state index in [4.69, 9.17) is 4.74 Å². The van der Waals surface area contributed by atoms with Gasteiger partial charge in [0.15, 0.2) is 0 Å². The Balaban J connectivity index is 1.52. The Hall–Kier alpha value is -2.78. The summed E-state index contributed by atoms with van der Waals surface area (Å²) < 4.78 is 34.4. The van der Waals surface area contributed by atoms with E-state index in [0.29, 0.717) is 5.69 Å². The predicted octanol–water partition coefficient (Wildman–Crippen LogP) is 3.38. The van der Waals surface area contributed by atoms with Crippen LogP contribution in [0, 0.1) is 0 Å². The Morgan fingerprint density at radius 2 is 1.88 bits per heavy atom. The summed E-state index contributed by atoms with van der Waals surface area (Å²) in [6.45, 7) is 1.99. The molecular formula is C24H30N4O4S. The maximum atomic E-state index is 13.2. The highest BCUT2D eigenvalue weighted by atomic mass is 32.2. The highest BCUT2D eigenvalue weighted by Gasteiger charge is 2.52. The third kappa shape index (κ3) is 3.83. The first kappa shape index (κ1) is 22.0. The zero-order valence-electron chi connectivity index (χ0n) is 19.0. The number of anilines is 3. The number of nitrogens with zero attached hydrogens (tertiary/aromatic N) is 1. The van der Waals surface area contributed by atoms with E-state index in [0.717, 1.165) is 62.1 Å². The SMILES string of the molecule is COc1ccccc1S(=O)(=O)Nc1cc(NC2CCN(C)CC2)c2c(c1)C1(CCC1)C(=O)N2. The minimum absolute atomic E-state index is 0.0138. The molecule has 5 rings (SSSR count). The van der Waals surface area contributed by atoms with Crippen molar-refractivity contribution in [3.63, 3.8) is 0 Å². The second-order valence-electron chi connectivity index (χ2n) is 9.31. The molecule has 2 fully saturated rings. The second-order valence-corrected chi connectivity index (χ2v) is 11.0.